The number of amides is 1. The summed E-state index contributed by atoms with van der Waals surface area (Å²) in [6.07, 6.45) is -0.108. The summed E-state index contributed by atoms with van der Waals surface area (Å²) in [5, 5.41) is 11.0. The second-order valence-corrected chi connectivity index (χ2v) is 4.26. The van der Waals surface area contributed by atoms with Crippen LogP contribution in [0.4, 0.5) is 8.78 Å². The third-order valence-electron chi connectivity index (χ3n) is 2.51. The van der Waals surface area contributed by atoms with Crippen LogP contribution in [0.2, 0.25) is 0 Å². The predicted molar refractivity (Wildman–Crippen MR) is 65.2 cm³/mol. The zero-order chi connectivity index (χ0) is 15.3. The molecule has 1 rings (SSSR count). The number of carboxylic acid groups (broad SMARTS) is 1. The summed E-state index contributed by atoms with van der Waals surface area (Å²) in [6.45, 7) is 1.29. The van der Waals surface area contributed by atoms with Gasteiger partial charge in [0.05, 0.1) is 0 Å². The number of carbonyl (C=O) groups is 3. The SMILES string of the molecule is CC(=O)CC[C@H](NC(=O)c1cc(F)cc(F)c1)C(=O)O. The van der Waals surface area contributed by atoms with Crippen LogP contribution in [0.25, 0.3) is 0 Å². The van der Waals surface area contributed by atoms with Crippen LogP contribution in [0.5, 0.6) is 0 Å². The molecule has 1 aromatic rings. The number of ketones is 1. The number of hydrogen-bond donors (Lipinski definition) is 2. The second-order valence-electron chi connectivity index (χ2n) is 4.26. The van der Waals surface area contributed by atoms with Crippen molar-refractivity contribution in [1.82, 2.24) is 5.32 Å². The third kappa shape index (κ3) is 4.75. The lowest BCUT2D eigenvalue weighted by Gasteiger charge is -2.13. The number of benzene rings is 1. The first-order chi connectivity index (χ1) is 9.29. The molecule has 7 heteroatoms. The second kappa shape index (κ2) is 6.74. The van der Waals surface area contributed by atoms with Gasteiger partial charge in [0.1, 0.15) is 23.5 Å². The first-order valence-corrected chi connectivity index (χ1v) is 5.79. The van der Waals surface area contributed by atoms with Crippen LogP contribution in [-0.2, 0) is 9.59 Å². The molecule has 0 fully saturated rings. The lowest BCUT2D eigenvalue weighted by molar-refractivity contribution is -0.139. The van der Waals surface area contributed by atoms with Gasteiger partial charge in [-0.3, -0.25) is 4.79 Å². The number of hydrogen-bond acceptors (Lipinski definition) is 3. The van der Waals surface area contributed by atoms with Gasteiger partial charge in [0.15, 0.2) is 0 Å². The van der Waals surface area contributed by atoms with E-state index in [1.54, 1.807) is 0 Å². The molecule has 20 heavy (non-hydrogen) atoms. The first-order valence-electron chi connectivity index (χ1n) is 5.79. The Morgan fingerprint density at radius 2 is 1.75 bits per heavy atom. The van der Waals surface area contributed by atoms with Crippen molar-refractivity contribution >= 4 is 17.7 Å². The van der Waals surface area contributed by atoms with Gasteiger partial charge < -0.3 is 15.2 Å². The topological polar surface area (TPSA) is 83.5 Å². The Balaban J connectivity index is 2.79. The Morgan fingerprint density at radius 3 is 2.20 bits per heavy atom. The molecule has 0 aliphatic heterocycles. The van der Waals surface area contributed by atoms with Gasteiger partial charge in [-0.05, 0) is 25.5 Å². The van der Waals surface area contributed by atoms with Crippen LogP contribution in [0.15, 0.2) is 18.2 Å². The predicted octanol–water partition coefficient (Wildman–Crippen LogP) is 1.52. The molecule has 0 radical (unpaired) electrons. The van der Waals surface area contributed by atoms with Crippen molar-refractivity contribution in [3.63, 3.8) is 0 Å². The fourth-order valence-electron chi connectivity index (χ4n) is 1.53. The number of carbonyl (C=O) groups excluding carboxylic acids is 2. The van der Waals surface area contributed by atoms with Crippen molar-refractivity contribution in [1.29, 1.82) is 0 Å². The van der Waals surface area contributed by atoms with E-state index in [0.717, 1.165) is 12.1 Å². The van der Waals surface area contributed by atoms with Crippen LogP contribution >= 0.6 is 0 Å². The van der Waals surface area contributed by atoms with E-state index in [1.165, 1.54) is 6.92 Å². The molecule has 0 aliphatic rings. The minimum atomic E-state index is -1.32. The van der Waals surface area contributed by atoms with E-state index in [-0.39, 0.29) is 24.2 Å². The minimum absolute atomic E-state index is 0.0191. The van der Waals surface area contributed by atoms with Gasteiger partial charge in [0.2, 0.25) is 0 Å². The third-order valence-corrected chi connectivity index (χ3v) is 2.51. The lowest BCUT2D eigenvalue weighted by Crippen LogP contribution is -2.41. The first kappa shape index (κ1) is 15.7. The summed E-state index contributed by atoms with van der Waals surface area (Å²) >= 11 is 0. The largest absolute Gasteiger partial charge is 0.480 e. The van der Waals surface area contributed by atoms with Gasteiger partial charge in [0.25, 0.3) is 5.91 Å². The van der Waals surface area contributed by atoms with Crippen molar-refractivity contribution in [3.05, 3.63) is 35.4 Å². The maximum Gasteiger partial charge on any atom is 0.326 e. The molecular formula is C13H13F2NO4. The molecule has 0 aliphatic carbocycles. The Morgan fingerprint density at radius 1 is 1.20 bits per heavy atom. The van der Waals surface area contributed by atoms with E-state index >= 15 is 0 Å². The van der Waals surface area contributed by atoms with E-state index in [4.69, 9.17) is 5.11 Å². The standard InChI is InChI=1S/C13H13F2NO4/c1-7(17)2-3-11(13(19)20)16-12(18)8-4-9(14)6-10(15)5-8/h4-6,11H,2-3H2,1H3,(H,16,18)(H,19,20)/t11-/m0/s1. The van der Waals surface area contributed by atoms with E-state index in [0.29, 0.717) is 6.07 Å². The minimum Gasteiger partial charge on any atom is -0.480 e. The number of Topliss-reactive ketones (excluding diaryl/α,β-unsaturated/α-hetero) is 1. The molecule has 0 bridgehead atoms. The zero-order valence-electron chi connectivity index (χ0n) is 10.7. The van der Waals surface area contributed by atoms with Crippen LogP contribution in [-0.4, -0.2) is 28.8 Å². The molecule has 1 aromatic carbocycles. The van der Waals surface area contributed by atoms with Crippen LogP contribution < -0.4 is 5.32 Å². The molecule has 0 unspecified atom stereocenters. The monoisotopic (exact) mass is 285 g/mol. The van der Waals surface area contributed by atoms with Gasteiger partial charge in [-0.2, -0.15) is 0 Å². The number of rotatable bonds is 6. The van der Waals surface area contributed by atoms with Crippen molar-refractivity contribution in [3.8, 4) is 0 Å². The van der Waals surface area contributed by atoms with E-state index in [2.05, 4.69) is 5.32 Å². The highest BCUT2D eigenvalue weighted by Crippen LogP contribution is 2.09. The highest BCUT2D eigenvalue weighted by Gasteiger charge is 2.21. The molecule has 1 atom stereocenters. The summed E-state index contributed by atoms with van der Waals surface area (Å²) in [5.74, 6) is -4.34. The summed E-state index contributed by atoms with van der Waals surface area (Å²) in [7, 11) is 0. The molecule has 5 nitrogen and oxygen atoms in total. The molecular weight excluding hydrogens is 272 g/mol. The fourth-order valence-corrected chi connectivity index (χ4v) is 1.53. The van der Waals surface area contributed by atoms with Gasteiger partial charge in [-0.15, -0.1) is 0 Å². The Kier molecular flexibility index (Phi) is 5.31. The lowest BCUT2D eigenvalue weighted by atomic mass is 10.1. The zero-order valence-corrected chi connectivity index (χ0v) is 10.7. The maximum atomic E-state index is 13.0. The Labute approximate surface area is 113 Å². The van der Waals surface area contributed by atoms with Crippen LogP contribution in [0.1, 0.15) is 30.1 Å². The Hall–Kier alpha value is -2.31. The quantitative estimate of drug-likeness (QED) is 0.830. The fraction of sp³-hybridized carbons (Fsp3) is 0.308. The molecule has 0 aromatic heterocycles. The van der Waals surface area contributed by atoms with E-state index < -0.39 is 29.6 Å². The molecule has 0 saturated carbocycles. The normalized spacial score (nSPS) is 11.8. The number of carboxylic acids is 1. The van der Waals surface area contributed by atoms with Crippen molar-refractivity contribution in [2.45, 2.75) is 25.8 Å². The smallest absolute Gasteiger partial charge is 0.326 e. The van der Waals surface area contributed by atoms with Crippen LogP contribution in [0.3, 0.4) is 0 Å². The number of aliphatic carboxylic acids is 1. The van der Waals surface area contributed by atoms with Gasteiger partial charge in [0, 0.05) is 18.1 Å². The van der Waals surface area contributed by atoms with Gasteiger partial charge in [-0.1, -0.05) is 0 Å². The van der Waals surface area contributed by atoms with Gasteiger partial charge in [-0.25, -0.2) is 13.6 Å². The number of nitrogens with one attached hydrogen (secondary N) is 1. The molecule has 2 N–H and O–H groups in total. The highest BCUT2D eigenvalue weighted by atomic mass is 19.1. The van der Waals surface area contributed by atoms with Crippen molar-refractivity contribution in [2.75, 3.05) is 0 Å². The molecule has 0 spiro atoms. The van der Waals surface area contributed by atoms with Gasteiger partial charge >= 0.3 is 5.97 Å². The average molecular weight is 285 g/mol. The van der Waals surface area contributed by atoms with Crippen LogP contribution in [0, 0.1) is 11.6 Å². The van der Waals surface area contributed by atoms with Crippen molar-refractivity contribution < 1.29 is 28.3 Å². The van der Waals surface area contributed by atoms with E-state index in [1.807, 2.05) is 0 Å². The molecule has 1 amide bonds. The molecule has 0 heterocycles. The van der Waals surface area contributed by atoms with Crippen molar-refractivity contribution in [2.24, 2.45) is 0 Å². The average Bonchev–Trinajstić information content (AvgIpc) is 2.32. The molecule has 108 valence electrons. The summed E-state index contributed by atoms with van der Waals surface area (Å²) in [5.41, 5.74) is -0.323. The summed E-state index contributed by atoms with van der Waals surface area (Å²) < 4.78 is 25.9. The van der Waals surface area contributed by atoms with E-state index in [9.17, 15) is 23.2 Å². The Bertz CT molecular complexity index is 525. The number of halogens is 2. The summed E-state index contributed by atoms with van der Waals surface area (Å²) in [6, 6.07) is 0.893. The highest BCUT2D eigenvalue weighted by molar-refractivity contribution is 5.96. The maximum absolute atomic E-state index is 13.0. The molecule has 0 saturated heterocycles. The summed E-state index contributed by atoms with van der Waals surface area (Å²) in [4.78, 5) is 33.5.